The molecule has 0 spiro atoms. The summed E-state index contributed by atoms with van der Waals surface area (Å²) >= 11 is 0. The molecule has 0 saturated heterocycles. The summed E-state index contributed by atoms with van der Waals surface area (Å²) in [5, 5.41) is 0. The Morgan fingerprint density at radius 1 is 1.50 bits per heavy atom. The van der Waals surface area contributed by atoms with E-state index in [2.05, 4.69) is 13.8 Å². The van der Waals surface area contributed by atoms with E-state index in [0.717, 1.165) is 17.7 Å². The SMILES string of the molecule is CC1(C)CCC(=O)c2ccoc21. The number of fused-ring (bicyclic) bond motifs is 1. The van der Waals surface area contributed by atoms with E-state index in [0.29, 0.717) is 6.42 Å². The number of ketones is 1. The summed E-state index contributed by atoms with van der Waals surface area (Å²) in [6, 6.07) is 1.78. The number of Topliss-reactive ketones (excluding diaryl/α,β-unsaturated/α-hetero) is 1. The molecule has 0 amide bonds. The molecule has 1 aromatic rings. The lowest BCUT2D eigenvalue weighted by atomic mass is 9.77. The molecule has 2 heteroatoms. The molecule has 0 bridgehead atoms. The maximum atomic E-state index is 11.4. The summed E-state index contributed by atoms with van der Waals surface area (Å²) in [4.78, 5) is 11.4. The predicted molar refractivity (Wildman–Crippen MR) is 45.3 cm³/mol. The smallest absolute Gasteiger partial charge is 0.166 e. The highest BCUT2D eigenvalue weighted by Gasteiger charge is 2.34. The van der Waals surface area contributed by atoms with E-state index in [1.54, 1.807) is 12.3 Å². The van der Waals surface area contributed by atoms with Crippen LogP contribution in [0.3, 0.4) is 0 Å². The zero-order chi connectivity index (χ0) is 8.77. The normalized spacial score (nSPS) is 20.7. The van der Waals surface area contributed by atoms with E-state index in [4.69, 9.17) is 4.42 Å². The zero-order valence-corrected chi connectivity index (χ0v) is 7.39. The molecular formula is C10H12O2. The molecule has 1 heterocycles. The van der Waals surface area contributed by atoms with Gasteiger partial charge in [0.2, 0.25) is 0 Å². The van der Waals surface area contributed by atoms with Gasteiger partial charge in [-0.3, -0.25) is 4.79 Å². The molecule has 0 radical (unpaired) electrons. The summed E-state index contributed by atoms with van der Waals surface area (Å²) in [6.45, 7) is 4.23. The molecule has 0 unspecified atom stereocenters. The van der Waals surface area contributed by atoms with Gasteiger partial charge < -0.3 is 4.42 Å². The Balaban J connectivity index is 2.57. The van der Waals surface area contributed by atoms with Crippen molar-refractivity contribution in [2.45, 2.75) is 32.1 Å². The van der Waals surface area contributed by atoms with Crippen LogP contribution in [0, 0.1) is 0 Å². The monoisotopic (exact) mass is 164 g/mol. The molecule has 0 fully saturated rings. The largest absolute Gasteiger partial charge is 0.468 e. The third-order valence-corrected chi connectivity index (χ3v) is 2.56. The lowest BCUT2D eigenvalue weighted by molar-refractivity contribution is 0.0949. The van der Waals surface area contributed by atoms with Crippen LogP contribution >= 0.6 is 0 Å². The van der Waals surface area contributed by atoms with Gasteiger partial charge in [0.15, 0.2) is 5.78 Å². The van der Waals surface area contributed by atoms with E-state index in [9.17, 15) is 4.79 Å². The van der Waals surface area contributed by atoms with Gasteiger partial charge in [-0.1, -0.05) is 13.8 Å². The Bertz CT molecular complexity index is 320. The van der Waals surface area contributed by atoms with Crippen molar-refractivity contribution in [1.82, 2.24) is 0 Å². The van der Waals surface area contributed by atoms with Crippen molar-refractivity contribution in [3.05, 3.63) is 23.7 Å². The van der Waals surface area contributed by atoms with Crippen LogP contribution in [0.5, 0.6) is 0 Å². The Morgan fingerprint density at radius 3 is 2.92 bits per heavy atom. The van der Waals surface area contributed by atoms with E-state index in [1.807, 2.05) is 0 Å². The molecule has 0 aliphatic heterocycles. The zero-order valence-electron chi connectivity index (χ0n) is 7.39. The lowest BCUT2D eigenvalue weighted by Gasteiger charge is -2.26. The molecule has 0 aromatic carbocycles. The fraction of sp³-hybridized carbons (Fsp3) is 0.500. The highest BCUT2D eigenvalue weighted by atomic mass is 16.3. The summed E-state index contributed by atoms with van der Waals surface area (Å²) in [5.74, 6) is 1.08. The van der Waals surface area contributed by atoms with E-state index in [1.165, 1.54) is 0 Å². The van der Waals surface area contributed by atoms with Gasteiger partial charge in [0.25, 0.3) is 0 Å². The van der Waals surface area contributed by atoms with Crippen LogP contribution in [-0.2, 0) is 5.41 Å². The van der Waals surface area contributed by atoms with Gasteiger partial charge >= 0.3 is 0 Å². The van der Waals surface area contributed by atoms with Gasteiger partial charge in [-0.05, 0) is 12.5 Å². The number of carbonyl (C=O) groups is 1. The second kappa shape index (κ2) is 2.22. The summed E-state index contributed by atoms with van der Waals surface area (Å²) in [7, 11) is 0. The summed E-state index contributed by atoms with van der Waals surface area (Å²) in [6.07, 6.45) is 3.15. The van der Waals surface area contributed by atoms with Crippen molar-refractivity contribution in [2.24, 2.45) is 0 Å². The van der Waals surface area contributed by atoms with Crippen molar-refractivity contribution < 1.29 is 9.21 Å². The molecule has 1 aromatic heterocycles. The van der Waals surface area contributed by atoms with Crippen LogP contribution in [0.15, 0.2) is 16.7 Å². The van der Waals surface area contributed by atoms with Gasteiger partial charge in [-0.2, -0.15) is 0 Å². The van der Waals surface area contributed by atoms with Crippen LogP contribution in [-0.4, -0.2) is 5.78 Å². The first-order valence-electron chi connectivity index (χ1n) is 4.22. The molecule has 0 N–H and O–H groups in total. The first-order chi connectivity index (χ1) is 5.61. The molecule has 1 aliphatic carbocycles. The number of hydrogen-bond acceptors (Lipinski definition) is 2. The van der Waals surface area contributed by atoms with Crippen molar-refractivity contribution in [2.75, 3.05) is 0 Å². The molecule has 0 atom stereocenters. The molecule has 1 aliphatic rings. The van der Waals surface area contributed by atoms with Crippen LogP contribution in [0.1, 0.15) is 42.8 Å². The third kappa shape index (κ3) is 0.909. The van der Waals surface area contributed by atoms with Gasteiger partial charge in [0.1, 0.15) is 5.76 Å². The van der Waals surface area contributed by atoms with Crippen LogP contribution in [0.4, 0.5) is 0 Å². The predicted octanol–water partition coefficient (Wildman–Crippen LogP) is 2.53. The standard InChI is InChI=1S/C10H12O2/c1-10(2)5-3-8(11)7-4-6-12-9(7)10/h4,6H,3,5H2,1-2H3. The maximum absolute atomic E-state index is 11.4. The minimum absolute atomic E-state index is 0.0345. The molecule has 2 rings (SSSR count). The first-order valence-corrected chi connectivity index (χ1v) is 4.22. The topological polar surface area (TPSA) is 30.2 Å². The number of carbonyl (C=O) groups excluding carboxylic acids is 1. The molecule has 2 nitrogen and oxygen atoms in total. The van der Waals surface area contributed by atoms with Gasteiger partial charge in [0.05, 0.1) is 11.8 Å². The van der Waals surface area contributed by atoms with E-state index >= 15 is 0 Å². The average Bonchev–Trinajstić information content (AvgIpc) is 2.46. The van der Waals surface area contributed by atoms with E-state index in [-0.39, 0.29) is 11.2 Å². The Labute approximate surface area is 71.6 Å². The quantitative estimate of drug-likeness (QED) is 0.589. The number of rotatable bonds is 0. The summed E-state index contributed by atoms with van der Waals surface area (Å²) in [5.41, 5.74) is 0.818. The first kappa shape index (κ1) is 7.59. The number of hydrogen-bond donors (Lipinski definition) is 0. The molecule has 12 heavy (non-hydrogen) atoms. The summed E-state index contributed by atoms with van der Waals surface area (Å²) < 4.78 is 5.32. The Kier molecular flexibility index (Phi) is 1.40. The highest BCUT2D eigenvalue weighted by Crippen LogP contribution is 2.36. The van der Waals surface area contributed by atoms with Crippen molar-refractivity contribution >= 4 is 5.78 Å². The van der Waals surface area contributed by atoms with Crippen molar-refractivity contribution in [1.29, 1.82) is 0 Å². The van der Waals surface area contributed by atoms with Crippen LogP contribution in [0.2, 0.25) is 0 Å². The van der Waals surface area contributed by atoms with Gasteiger partial charge in [0, 0.05) is 11.8 Å². The maximum Gasteiger partial charge on any atom is 0.166 e. The fourth-order valence-corrected chi connectivity index (χ4v) is 1.73. The average molecular weight is 164 g/mol. The van der Waals surface area contributed by atoms with Crippen LogP contribution < -0.4 is 0 Å². The number of furan rings is 1. The molecular weight excluding hydrogens is 152 g/mol. The van der Waals surface area contributed by atoms with Crippen molar-refractivity contribution in [3.63, 3.8) is 0 Å². The van der Waals surface area contributed by atoms with E-state index < -0.39 is 0 Å². The van der Waals surface area contributed by atoms with Crippen LogP contribution in [0.25, 0.3) is 0 Å². The molecule has 0 saturated carbocycles. The van der Waals surface area contributed by atoms with Gasteiger partial charge in [-0.25, -0.2) is 0 Å². The Morgan fingerprint density at radius 2 is 2.25 bits per heavy atom. The van der Waals surface area contributed by atoms with Crippen molar-refractivity contribution in [3.8, 4) is 0 Å². The molecule has 64 valence electrons. The highest BCUT2D eigenvalue weighted by molar-refractivity contribution is 5.98. The van der Waals surface area contributed by atoms with Gasteiger partial charge in [-0.15, -0.1) is 0 Å². The second-order valence-corrected chi connectivity index (χ2v) is 3.97. The second-order valence-electron chi connectivity index (χ2n) is 3.97. The minimum Gasteiger partial charge on any atom is -0.468 e. The fourth-order valence-electron chi connectivity index (χ4n) is 1.73. The lowest BCUT2D eigenvalue weighted by Crippen LogP contribution is -2.25. The third-order valence-electron chi connectivity index (χ3n) is 2.56. The Hall–Kier alpha value is -1.05. The minimum atomic E-state index is 0.0345.